The fourth-order valence-corrected chi connectivity index (χ4v) is 4.15. The van der Waals surface area contributed by atoms with Gasteiger partial charge in [-0.05, 0) is 64.2 Å². The van der Waals surface area contributed by atoms with E-state index < -0.39 is 10.0 Å². The summed E-state index contributed by atoms with van der Waals surface area (Å²) >= 11 is 0. The molecule has 1 saturated heterocycles. The molecule has 1 amide bonds. The van der Waals surface area contributed by atoms with Gasteiger partial charge in [0.25, 0.3) is 0 Å². The monoisotopic (exact) mass is 396 g/mol. The normalized spacial score (nSPS) is 17.7. The molecule has 152 valence electrons. The highest BCUT2D eigenvalue weighted by Gasteiger charge is 2.29. The lowest BCUT2D eigenvalue weighted by Gasteiger charge is -2.30. The smallest absolute Gasteiger partial charge is 0.223 e. The third-order valence-corrected chi connectivity index (χ3v) is 6.15. The molecule has 0 radical (unpaired) electrons. The van der Waals surface area contributed by atoms with Crippen LogP contribution in [-0.2, 0) is 21.2 Å². The molecule has 0 aromatic heterocycles. The second kappa shape index (κ2) is 9.55. The zero-order valence-electron chi connectivity index (χ0n) is 16.8. The van der Waals surface area contributed by atoms with Gasteiger partial charge in [0.05, 0.1) is 12.4 Å². The number of nitrogens with one attached hydrogen (secondary N) is 1. The molecule has 1 unspecified atom stereocenters. The van der Waals surface area contributed by atoms with Crippen molar-refractivity contribution in [1.82, 2.24) is 9.62 Å². The van der Waals surface area contributed by atoms with Crippen molar-refractivity contribution in [3.63, 3.8) is 0 Å². The van der Waals surface area contributed by atoms with Crippen LogP contribution in [0.3, 0.4) is 0 Å². The minimum absolute atomic E-state index is 0.0383. The van der Waals surface area contributed by atoms with Gasteiger partial charge in [0.15, 0.2) is 0 Å². The summed E-state index contributed by atoms with van der Waals surface area (Å²) in [6.45, 7) is 6.87. The average Bonchev–Trinajstić information content (AvgIpc) is 2.60. The molecule has 1 heterocycles. The van der Waals surface area contributed by atoms with Gasteiger partial charge < -0.3 is 10.1 Å². The van der Waals surface area contributed by atoms with Crippen molar-refractivity contribution in [2.45, 2.75) is 58.6 Å². The van der Waals surface area contributed by atoms with E-state index in [0.29, 0.717) is 25.9 Å². The van der Waals surface area contributed by atoms with Crippen LogP contribution >= 0.6 is 0 Å². The van der Waals surface area contributed by atoms with E-state index in [1.807, 2.05) is 32.9 Å². The molecule has 0 aliphatic carbocycles. The van der Waals surface area contributed by atoms with Crippen LogP contribution in [0.1, 0.15) is 45.6 Å². The van der Waals surface area contributed by atoms with E-state index >= 15 is 0 Å². The number of aryl methyl sites for hydroxylation is 1. The Morgan fingerprint density at radius 1 is 1.19 bits per heavy atom. The quantitative estimate of drug-likeness (QED) is 0.733. The fraction of sp³-hybridized carbons (Fsp3) is 0.650. The number of hydrogen-bond acceptors (Lipinski definition) is 4. The fourth-order valence-electron chi connectivity index (χ4n) is 3.27. The number of amides is 1. The maximum atomic E-state index is 12.4. The molecule has 1 fully saturated rings. The first-order valence-electron chi connectivity index (χ1n) is 9.66. The lowest BCUT2D eigenvalue weighted by atomic mass is 9.96. The highest BCUT2D eigenvalue weighted by molar-refractivity contribution is 7.88. The Hall–Kier alpha value is -1.60. The summed E-state index contributed by atoms with van der Waals surface area (Å²) in [4.78, 5) is 12.4. The SMILES string of the molecule is CC(CCc1ccc(OC(C)C)cc1)NC(=O)C1CCN(S(C)(=O)=O)CC1. The van der Waals surface area contributed by atoms with Crippen LogP contribution in [0.2, 0.25) is 0 Å². The third kappa shape index (κ3) is 7.14. The topological polar surface area (TPSA) is 75.7 Å². The Balaban J connectivity index is 1.74. The summed E-state index contributed by atoms with van der Waals surface area (Å²) in [6.07, 6.45) is 4.30. The molecule has 6 nitrogen and oxygen atoms in total. The first-order valence-corrected chi connectivity index (χ1v) is 11.5. The molecule has 0 bridgehead atoms. The molecule has 1 N–H and O–H groups in total. The molecule has 1 aliphatic rings. The van der Waals surface area contributed by atoms with E-state index in [-0.39, 0.29) is 24.0 Å². The van der Waals surface area contributed by atoms with Crippen LogP contribution in [0.25, 0.3) is 0 Å². The number of rotatable bonds is 8. The van der Waals surface area contributed by atoms with Crippen LogP contribution in [0.4, 0.5) is 0 Å². The lowest BCUT2D eigenvalue weighted by Crippen LogP contribution is -2.44. The van der Waals surface area contributed by atoms with E-state index in [2.05, 4.69) is 17.4 Å². The van der Waals surface area contributed by atoms with Gasteiger partial charge >= 0.3 is 0 Å². The summed E-state index contributed by atoms with van der Waals surface area (Å²) in [5.74, 6) is 0.810. The number of ether oxygens (including phenoxy) is 1. The molecule has 0 spiro atoms. The number of nitrogens with zero attached hydrogens (tertiary/aromatic N) is 1. The summed E-state index contributed by atoms with van der Waals surface area (Å²) in [6, 6.07) is 8.17. The van der Waals surface area contributed by atoms with Crippen LogP contribution in [0.15, 0.2) is 24.3 Å². The highest BCUT2D eigenvalue weighted by Crippen LogP contribution is 2.20. The highest BCUT2D eigenvalue weighted by atomic mass is 32.2. The third-order valence-electron chi connectivity index (χ3n) is 4.84. The Morgan fingerprint density at radius 3 is 2.30 bits per heavy atom. The zero-order chi connectivity index (χ0) is 20.0. The van der Waals surface area contributed by atoms with Gasteiger partial charge in [0, 0.05) is 25.0 Å². The van der Waals surface area contributed by atoms with Crippen molar-refractivity contribution >= 4 is 15.9 Å². The van der Waals surface area contributed by atoms with E-state index in [9.17, 15) is 13.2 Å². The standard InChI is InChI=1S/C20H32N2O4S/c1-15(2)26-19-9-7-17(8-10-19)6-5-16(3)21-20(23)18-11-13-22(14-12-18)27(4,24)25/h7-10,15-16,18H,5-6,11-14H2,1-4H3,(H,21,23). The van der Waals surface area contributed by atoms with Gasteiger partial charge in [-0.15, -0.1) is 0 Å². The molecular weight excluding hydrogens is 364 g/mol. The summed E-state index contributed by atoms with van der Waals surface area (Å²) in [5.41, 5.74) is 1.22. The van der Waals surface area contributed by atoms with E-state index in [0.717, 1.165) is 18.6 Å². The van der Waals surface area contributed by atoms with E-state index in [1.54, 1.807) is 0 Å². The lowest BCUT2D eigenvalue weighted by molar-refractivity contribution is -0.126. The van der Waals surface area contributed by atoms with Crippen molar-refractivity contribution < 1.29 is 17.9 Å². The predicted octanol–water partition coefficient (Wildman–Crippen LogP) is 2.58. The van der Waals surface area contributed by atoms with Gasteiger partial charge in [0.2, 0.25) is 15.9 Å². The first kappa shape index (κ1) is 21.7. The van der Waals surface area contributed by atoms with Gasteiger partial charge in [-0.1, -0.05) is 12.1 Å². The second-order valence-electron chi connectivity index (χ2n) is 7.70. The number of benzene rings is 1. The molecular formula is C20H32N2O4S. The minimum Gasteiger partial charge on any atom is -0.491 e. The molecule has 2 rings (SSSR count). The number of carbonyl (C=O) groups is 1. The minimum atomic E-state index is -3.15. The number of sulfonamides is 1. The Kier molecular flexibility index (Phi) is 7.68. The molecule has 1 aromatic rings. The van der Waals surface area contributed by atoms with Crippen LogP contribution in [0.5, 0.6) is 5.75 Å². The van der Waals surface area contributed by atoms with E-state index in [1.165, 1.54) is 16.1 Å². The second-order valence-corrected chi connectivity index (χ2v) is 9.68. The van der Waals surface area contributed by atoms with Gasteiger partial charge in [0.1, 0.15) is 5.75 Å². The van der Waals surface area contributed by atoms with Crippen molar-refractivity contribution in [2.75, 3.05) is 19.3 Å². The molecule has 7 heteroatoms. The first-order chi connectivity index (χ1) is 12.6. The van der Waals surface area contributed by atoms with Gasteiger partial charge in [-0.25, -0.2) is 12.7 Å². The zero-order valence-corrected chi connectivity index (χ0v) is 17.6. The van der Waals surface area contributed by atoms with Crippen molar-refractivity contribution in [1.29, 1.82) is 0 Å². The van der Waals surface area contributed by atoms with Crippen LogP contribution < -0.4 is 10.1 Å². The van der Waals surface area contributed by atoms with Gasteiger partial charge in [-0.3, -0.25) is 4.79 Å². The largest absolute Gasteiger partial charge is 0.491 e. The number of carbonyl (C=O) groups excluding carboxylic acids is 1. The molecule has 27 heavy (non-hydrogen) atoms. The number of hydrogen-bond donors (Lipinski definition) is 1. The maximum absolute atomic E-state index is 12.4. The van der Waals surface area contributed by atoms with Crippen LogP contribution in [-0.4, -0.2) is 50.1 Å². The molecule has 0 saturated carbocycles. The van der Waals surface area contributed by atoms with Crippen molar-refractivity contribution in [2.24, 2.45) is 5.92 Å². The summed E-state index contributed by atoms with van der Waals surface area (Å²) in [7, 11) is -3.15. The Labute approximate surface area is 163 Å². The number of piperidine rings is 1. The Morgan fingerprint density at radius 2 is 1.78 bits per heavy atom. The summed E-state index contributed by atoms with van der Waals surface area (Å²) < 4.78 is 30.2. The van der Waals surface area contributed by atoms with Crippen LogP contribution in [0, 0.1) is 5.92 Å². The molecule has 1 aromatic carbocycles. The van der Waals surface area contributed by atoms with E-state index in [4.69, 9.17) is 4.74 Å². The van der Waals surface area contributed by atoms with Crippen molar-refractivity contribution in [3.8, 4) is 5.75 Å². The average molecular weight is 397 g/mol. The van der Waals surface area contributed by atoms with Gasteiger partial charge in [-0.2, -0.15) is 0 Å². The van der Waals surface area contributed by atoms with Crippen molar-refractivity contribution in [3.05, 3.63) is 29.8 Å². The summed E-state index contributed by atoms with van der Waals surface area (Å²) in [5, 5.41) is 3.08. The predicted molar refractivity (Wildman–Crippen MR) is 107 cm³/mol. The Bertz CT molecular complexity index is 708. The molecule has 1 atom stereocenters. The molecule has 1 aliphatic heterocycles. The maximum Gasteiger partial charge on any atom is 0.223 e.